The van der Waals surface area contributed by atoms with Gasteiger partial charge in [-0.15, -0.1) is 0 Å². The van der Waals surface area contributed by atoms with Crippen LogP contribution in [0, 0.1) is 10.8 Å². The van der Waals surface area contributed by atoms with Gasteiger partial charge in [-0.2, -0.15) is 0 Å². The molecule has 1 heterocycles. The maximum atomic E-state index is 9.40. The smallest absolute Gasteiger partial charge is 0.488 e. The van der Waals surface area contributed by atoms with Crippen LogP contribution >= 0.6 is 11.8 Å². The molecule has 3 aromatic carbocycles. The second kappa shape index (κ2) is 9.62. The molecular weight excluding hydrogens is 435 g/mol. The maximum absolute atomic E-state index is 9.40. The molecule has 0 aromatic heterocycles. The van der Waals surface area contributed by atoms with Gasteiger partial charge in [-0.3, -0.25) is 20.7 Å². The first-order valence-electron chi connectivity index (χ1n) is 10.3. The Morgan fingerprint density at radius 3 is 2.48 bits per heavy atom. The van der Waals surface area contributed by atoms with Gasteiger partial charge in [0.2, 0.25) is 0 Å². The minimum absolute atomic E-state index is 0.162. The number of nitrogens with zero attached hydrogens (tertiary/aromatic N) is 2. The average molecular weight is 458 g/mol. The van der Waals surface area contributed by atoms with E-state index in [1.165, 1.54) is 11.8 Å². The molecule has 0 fully saturated rings. The van der Waals surface area contributed by atoms with Crippen LogP contribution in [0.15, 0.2) is 81.5 Å². The van der Waals surface area contributed by atoms with E-state index >= 15 is 0 Å². The van der Waals surface area contributed by atoms with Crippen molar-refractivity contribution in [1.29, 1.82) is 10.8 Å². The van der Waals surface area contributed by atoms with Crippen molar-refractivity contribution < 1.29 is 14.8 Å². The van der Waals surface area contributed by atoms with Gasteiger partial charge >= 0.3 is 7.12 Å². The molecule has 0 bridgehead atoms. The highest BCUT2D eigenvalue weighted by Gasteiger charge is 2.25. The Morgan fingerprint density at radius 2 is 1.82 bits per heavy atom. The van der Waals surface area contributed by atoms with Gasteiger partial charge in [-0.05, 0) is 54.9 Å². The summed E-state index contributed by atoms with van der Waals surface area (Å²) >= 11 is 1.52. The zero-order chi connectivity index (χ0) is 23.5. The van der Waals surface area contributed by atoms with Gasteiger partial charge in [0.15, 0.2) is 0 Å². The number of benzene rings is 3. The molecule has 4 rings (SSSR count). The van der Waals surface area contributed by atoms with Crippen molar-refractivity contribution >= 4 is 47.4 Å². The van der Waals surface area contributed by atoms with Gasteiger partial charge in [-0.25, -0.2) is 0 Å². The van der Waals surface area contributed by atoms with E-state index in [0.29, 0.717) is 11.2 Å². The van der Waals surface area contributed by atoms with Gasteiger partial charge in [0, 0.05) is 20.9 Å². The minimum Gasteiger partial charge on any atom is -0.497 e. The van der Waals surface area contributed by atoms with E-state index in [0.717, 1.165) is 32.3 Å². The van der Waals surface area contributed by atoms with Gasteiger partial charge < -0.3 is 14.8 Å². The summed E-state index contributed by atoms with van der Waals surface area (Å²) in [5, 5.41) is 35.4. The third-order valence-electron chi connectivity index (χ3n) is 5.21. The molecule has 0 spiro atoms. The normalized spacial score (nSPS) is 13.2. The van der Waals surface area contributed by atoms with Crippen LogP contribution in [0.3, 0.4) is 0 Å². The fourth-order valence-electron chi connectivity index (χ4n) is 3.67. The second-order valence-electron chi connectivity index (χ2n) is 7.49. The number of fused-ring (bicyclic) bond motifs is 1. The molecule has 3 aromatic rings. The zero-order valence-electron chi connectivity index (χ0n) is 18.2. The van der Waals surface area contributed by atoms with E-state index in [9.17, 15) is 10.0 Å². The Labute approximate surface area is 196 Å². The lowest BCUT2D eigenvalue weighted by Crippen LogP contribution is -2.35. The summed E-state index contributed by atoms with van der Waals surface area (Å²) in [5.41, 5.74) is 3.60. The third kappa shape index (κ3) is 4.85. The quantitative estimate of drug-likeness (QED) is 0.267. The Balaban J connectivity index is 1.68. The second-order valence-corrected chi connectivity index (χ2v) is 8.63. The average Bonchev–Trinajstić information content (AvgIpc) is 2.95. The van der Waals surface area contributed by atoms with E-state index in [1.807, 2.05) is 48.5 Å². The molecule has 1 aliphatic rings. The molecule has 166 valence electrons. The van der Waals surface area contributed by atoms with Crippen LogP contribution in [0.5, 0.6) is 5.75 Å². The largest absolute Gasteiger partial charge is 0.497 e. The van der Waals surface area contributed by atoms with Crippen molar-refractivity contribution in [2.75, 3.05) is 18.6 Å². The van der Waals surface area contributed by atoms with Crippen molar-refractivity contribution in [2.24, 2.45) is 4.99 Å². The van der Waals surface area contributed by atoms with Gasteiger partial charge in [0.25, 0.3) is 0 Å². The number of aliphatic imine (C=N–C) groups is 1. The van der Waals surface area contributed by atoms with Gasteiger partial charge in [0.05, 0.1) is 25.1 Å². The van der Waals surface area contributed by atoms with Crippen LogP contribution in [0.4, 0.5) is 5.69 Å². The van der Waals surface area contributed by atoms with E-state index in [4.69, 9.17) is 20.5 Å². The highest BCUT2D eigenvalue weighted by Crippen LogP contribution is 2.32. The third-order valence-corrected chi connectivity index (χ3v) is 6.21. The van der Waals surface area contributed by atoms with E-state index < -0.39 is 7.12 Å². The summed E-state index contributed by atoms with van der Waals surface area (Å²) in [4.78, 5) is 8.20. The number of nitrogens with one attached hydrogen (secondary N) is 2. The van der Waals surface area contributed by atoms with Crippen LogP contribution in [-0.4, -0.2) is 48.2 Å². The van der Waals surface area contributed by atoms with Crippen LogP contribution < -0.4 is 15.1 Å². The summed E-state index contributed by atoms with van der Waals surface area (Å²) < 4.78 is 5.42. The van der Waals surface area contributed by atoms with Crippen molar-refractivity contribution in [3.05, 3.63) is 77.9 Å². The van der Waals surface area contributed by atoms with Gasteiger partial charge in [0.1, 0.15) is 17.4 Å². The van der Waals surface area contributed by atoms with Crippen molar-refractivity contribution in [3.8, 4) is 5.75 Å². The number of hydrogen-bond acceptors (Lipinski definition) is 7. The molecule has 0 saturated heterocycles. The van der Waals surface area contributed by atoms with Crippen molar-refractivity contribution in [3.63, 3.8) is 0 Å². The highest BCUT2D eigenvalue weighted by molar-refractivity contribution is 7.99. The first-order valence-corrected chi connectivity index (χ1v) is 11.1. The van der Waals surface area contributed by atoms with Crippen LogP contribution in [0.25, 0.3) is 0 Å². The fourth-order valence-corrected chi connectivity index (χ4v) is 4.55. The number of anilines is 1. The monoisotopic (exact) mass is 458 g/mol. The SMILES string of the molecule is COc1ccc2c(c1)C(c1ccc(Sc3cccc(B(O)O)c3)cc1)=NCC(=N)N2C(C)=N. The number of benzodiazepines with no additional fused rings is 1. The topological polar surface area (TPSA) is 113 Å². The molecule has 9 heteroatoms. The van der Waals surface area contributed by atoms with Crippen molar-refractivity contribution in [2.45, 2.75) is 16.7 Å². The molecule has 0 unspecified atom stereocenters. The van der Waals surface area contributed by atoms with Crippen LogP contribution in [0.2, 0.25) is 0 Å². The highest BCUT2D eigenvalue weighted by atomic mass is 32.2. The number of methoxy groups -OCH3 is 1. The molecule has 0 amide bonds. The Hall–Kier alpha value is -3.40. The van der Waals surface area contributed by atoms with E-state index in [1.54, 1.807) is 37.1 Å². The molecule has 33 heavy (non-hydrogen) atoms. The Bertz CT molecular complexity index is 1240. The molecule has 0 saturated carbocycles. The lowest BCUT2D eigenvalue weighted by molar-refractivity contribution is 0.415. The van der Waals surface area contributed by atoms with E-state index in [-0.39, 0.29) is 18.2 Å². The summed E-state index contributed by atoms with van der Waals surface area (Å²) in [6.45, 7) is 1.82. The van der Waals surface area contributed by atoms with Gasteiger partial charge in [-0.1, -0.05) is 36.0 Å². The summed E-state index contributed by atoms with van der Waals surface area (Å²) in [5.74, 6) is 1.17. The van der Waals surface area contributed by atoms with E-state index in [2.05, 4.69) is 0 Å². The first-order chi connectivity index (χ1) is 15.9. The molecule has 0 atom stereocenters. The number of hydrogen-bond donors (Lipinski definition) is 4. The van der Waals surface area contributed by atoms with Crippen molar-refractivity contribution in [1.82, 2.24) is 0 Å². The van der Waals surface area contributed by atoms with Crippen LogP contribution in [-0.2, 0) is 0 Å². The van der Waals surface area contributed by atoms with Crippen LogP contribution in [0.1, 0.15) is 18.1 Å². The lowest BCUT2D eigenvalue weighted by Gasteiger charge is -2.24. The molecule has 0 aliphatic carbocycles. The summed E-state index contributed by atoms with van der Waals surface area (Å²) in [6, 6.07) is 20.6. The molecule has 7 nitrogen and oxygen atoms in total. The molecule has 1 aliphatic heterocycles. The summed E-state index contributed by atoms with van der Waals surface area (Å²) in [7, 11) is 0.106. The predicted molar refractivity (Wildman–Crippen MR) is 134 cm³/mol. The lowest BCUT2D eigenvalue weighted by atomic mass is 9.80. The Morgan fingerprint density at radius 1 is 1.06 bits per heavy atom. The zero-order valence-corrected chi connectivity index (χ0v) is 19.1. The number of ether oxygens (including phenoxy) is 1. The summed E-state index contributed by atoms with van der Waals surface area (Å²) in [6.07, 6.45) is 0. The fraction of sp³-hybridized carbons (Fsp3) is 0.125. The number of amidine groups is 2. The predicted octanol–water partition coefficient (Wildman–Crippen LogP) is 3.16. The maximum Gasteiger partial charge on any atom is 0.488 e. The minimum atomic E-state index is -1.50. The first kappa shape index (κ1) is 22.8. The standard InChI is InChI=1S/C24H23BN4O3S/c1-15(26)29-22-11-8-18(32-2)13-21(22)24(28-14-23(29)27)16-6-9-19(10-7-16)33-20-5-3-4-17(12-20)25(30)31/h3-13,26-27,30-31H,14H2,1-2H3. The Kier molecular flexibility index (Phi) is 6.64. The number of rotatable bonds is 5. The molecule has 4 N–H and O–H groups in total. The molecular formula is C24H23BN4O3S. The molecule has 0 radical (unpaired) electrons.